The Hall–Kier alpha value is -2.62. The largest absolute Gasteiger partial charge is 0.454 e. The van der Waals surface area contributed by atoms with Gasteiger partial charge in [0.1, 0.15) is 11.9 Å². The maximum Gasteiger partial charge on any atom is 0.330 e. The van der Waals surface area contributed by atoms with E-state index in [-0.39, 0.29) is 11.6 Å². The minimum Gasteiger partial charge on any atom is -0.454 e. The second-order valence-electron chi connectivity index (χ2n) is 6.36. The van der Waals surface area contributed by atoms with Crippen molar-refractivity contribution in [2.45, 2.75) is 30.7 Å². The molecule has 2 N–H and O–H groups in total. The lowest BCUT2D eigenvalue weighted by Gasteiger charge is -2.29. The quantitative estimate of drug-likeness (QED) is 0.748. The van der Waals surface area contributed by atoms with Gasteiger partial charge in [-0.3, -0.25) is 14.9 Å². The van der Waals surface area contributed by atoms with E-state index in [4.69, 9.17) is 4.74 Å². The van der Waals surface area contributed by atoms with Gasteiger partial charge in [-0.15, -0.1) is 11.8 Å². The molecule has 0 aromatic heterocycles. The van der Waals surface area contributed by atoms with Crippen molar-refractivity contribution in [3.8, 4) is 0 Å². The van der Waals surface area contributed by atoms with E-state index in [9.17, 15) is 23.6 Å². The van der Waals surface area contributed by atoms with Gasteiger partial charge in [0.05, 0.1) is 10.6 Å². The number of benzene rings is 1. The van der Waals surface area contributed by atoms with Crippen molar-refractivity contribution in [1.29, 1.82) is 0 Å². The van der Waals surface area contributed by atoms with Crippen LogP contribution >= 0.6 is 11.8 Å². The third-order valence-corrected chi connectivity index (χ3v) is 5.94. The van der Waals surface area contributed by atoms with Crippen LogP contribution < -0.4 is 10.6 Å². The molecule has 2 fully saturated rings. The number of nitrogens with one attached hydrogen (secondary N) is 2. The second kappa shape index (κ2) is 7.55. The lowest BCUT2D eigenvalue weighted by molar-refractivity contribution is -0.156. The SMILES string of the molecule is C[C@]12CCC(=O)N1[C@H](C(=O)OCC(=O)NC(=O)Nc1ccccc1F)CS2. The Bertz CT molecular complexity index is 805. The molecule has 0 radical (unpaired) electrons. The van der Waals surface area contributed by atoms with E-state index >= 15 is 0 Å². The molecule has 0 unspecified atom stereocenters. The molecule has 2 aliphatic heterocycles. The van der Waals surface area contributed by atoms with E-state index in [2.05, 4.69) is 5.32 Å². The zero-order chi connectivity index (χ0) is 19.6. The van der Waals surface area contributed by atoms with Crippen LogP contribution in [0.15, 0.2) is 24.3 Å². The van der Waals surface area contributed by atoms with E-state index in [1.807, 2.05) is 12.2 Å². The van der Waals surface area contributed by atoms with Crippen LogP contribution in [0.3, 0.4) is 0 Å². The predicted molar refractivity (Wildman–Crippen MR) is 95.3 cm³/mol. The summed E-state index contributed by atoms with van der Waals surface area (Å²) in [5, 5.41) is 4.13. The Labute approximate surface area is 158 Å². The van der Waals surface area contributed by atoms with Crippen molar-refractivity contribution >= 4 is 41.3 Å². The highest BCUT2D eigenvalue weighted by atomic mass is 32.2. The van der Waals surface area contributed by atoms with Gasteiger partial charge >= 0.3 is 12.0 Å². The summed E-state index contributed by atoms with van der Waals surface area (Å²) in [4.78, 5) is 48.8. The molecule has 2 atom stereocenters. The Morgan fingerprint density at radius 1 is 1.37 bits per heavy atom. The average molecular weight is 395 g/mol. The number of amides is 4. The molecule has 27 heavy (non-hydrogen) atoms. The average Bonchev–Trinajstić information content (AvgIpc) is 3.11. The molecule has 2 heterocycles. The van der Waals surface area contributed by atoms with Crippen LogP contribution in [0.2, 0.25) is 0 Å². The number of anilines is 1. The number of rotatable bonds is 4. The second-order valence-corrected chi connectivity index (χ2v) is 7.86. The van der Waals surface area contributed by atoms with E-state index < -0.39 is 41.2 Å². The minimum absolute atomic E-state index is 0.0883. The summed E-state index contributed by atoms with van der Waals surface area (Å²) in [5.74, 6) is -1.91. The number of hydrogen-bond acceptors (Lipinski definition) is 6. The highest BCUT2D eigenvalue weighted by molar-refractivity contribution is 8.01. The minimum atomic E-state index is -0.945. The molecule has 144 valence electrons. The molecule has 1 aromatic carbocycles. The number of urea groups is 1. The molecule has 0 bridgehead atoms. The van der Waals surface area contributed by atoms with Crippen molar-refractivity contribution in [2.75, 3.05) is 17.7 Å². The summed E-state index contributed by atoms with van der Waals surface area (Å²) in [5.41, 5.74) is -0.0883. The van der Waals surface area contributed by atoms with Crippen LogP contribution in [-0.2, 0) is 19.1 Å². The molecule has 4 amide bonds. The van der Waals surface area contributed by atoms with E-state index in [0.717, 1.165) is 6.07 Å². The standard InChI is InChI=1S/C17H18FN3O5S/c1-17-7-6-14(23)21(17)12(9-27-17)15(24)26-8-13(22)20-16(25)19-11-5-3-2-4-10(11)18/h2-5,12H,6-9H2,1H3,(H2,19,20,22,25)/t12-,17-/m0/s1. The van der Waals surface area contributed by atoms with Crippen LogP contribution in [0.4, 0.5) is 14.9 Å². The molecular formula is C17H18FN3O5S. The van der Waals surface area contributed by atoms with Crippen LogP contribution in [0.1, 0.15) is 19.8 Å². The summed E-state index contributed by atoms with van der Waals surface area (Å²) < 4.78 is 18.4. The highest BCUT2D eigenvalue weighted by Crippen LogP contribution is 2.47. The van der Waals surface area contributed by atoms with Gasteiger partial charge in [0.2, 0.25) is 5.91 Å². The van der Waals surface area contributed by atoms with Crippen LogP contribution in [0.5, 0.6) is 0 Å². The summed E-state index contributed by atoms with van der Waals surface area (Å²) in [6, 6.07) is 3.79. The molecule has 2 aliphatic rings. The number of fused-ring (bicyclic) bond motifs is 1. The fourth-order valence-corrected chi connectivity index (χ4v) is 4.52. The summed E-state index contributed by atoms with van der Waals surface area (Å²) >= 11 is 1.51. The summed E-state index contributed by atoms with van der Waals surface area (Å²) in [6.45, 7) is 1.22. The number of nitrogens with zero attached hydrogens (tertiary/aromatic N) is 1. The van der Waals surface area contributed by atoms with Gasteiger partial charge in [-0.05, 0) is 25.5 Å². The monoisotopic (exact) mass is 395 g/mol. The van der Waals surface area contributed by atoms with Crippen molar-refractivity contribution < 1.29 is 28.3 Å². The molecule has 2 saturated heterocycles. The number of para-hydroxylation sites is 1. The molecule has 3 rings (SSSR count). The van der Waals surface area contributed by atoms with Crippen LogP contribution in [-0.4, -0.2) is 52.0 Å². The maximum atomic E-state index is 13.5. The number of imide groups is 1. The first-order valence-electron chi connectivity index (χ1n) is 8.28. The van der Waals surface area contributed by atoms with Crippen molar-refractivity contribution in [3.05, 3.63) is 30.1 Å². The summed E-state index contributed by atoms with van der Waals surface area (Å²) in [7, 11) is 0. The van der Waals surface area contributed by atoms with Crippen molar-refractivity contribution in [3.63, 3.8) is 0 Å². The van der Waals surface area contributed by atoms with Crippen LogP contribution in [0, 0.1) is 5.82 Å². The molecule has 0 saturated carbocycles. The number of thioether (sulfide) groups is 1. The van der Waals surface area contributed by atoms with Gasteiger partial charge in [0, 0.05) is 12.2 Å². The van der Waals surface area contributed by atoms with Crippen molar-refractivity contribution in [1.82, 2.24) is 10.2 Å². The highest BCUT2D eigenvalue weighted by Gasteiger charge is 2.53. The molecule has 1 aromatic rings. The lowest BCUT2D eigenvalue weighted by atomic mass is 10.2. The third kappa shape index (κ3) is 4.05. The first kappa shape index (κ1) is 19.2. The first-order chi connectivity index (χ1) is 12.8. The first-order valence-corrected chi connectivity index (χ1v) is 9.27. The Kier molecular flexibility index (Phi) is 5.36. The lowest BCUT2D eigenvalue weighted by Crippen LogP contribution is -2.47. The van der Waals surface area contributed by atoms with Gasteiger partial charge in [-0.2, -0.15) is 0 Å². The normalized spacial score (nSPS) is 23.7. The smallest absolute Gasteiger partial charge is 0.330 e. The van der Waals surface area contributed by atoms with E-state index in [1.54, 1.807) is 0 Å². The zero-order valence-corrected chi connectivity index (χ0v) is 15.3. The Morgan fingerprint density at radius 3 is 2.85 bits per heavy atom. The van der Waals surface area contributed by atoms with Gasteiger partial charge < -0.3 is 15.0 Å². The molecule has 8 nitrogen and oxygen atoms in total. The molecule has 0 spiro atoms. The predicted octanol–water partition coefficient (Wildman–Crippen LogP) is 1.47. The van der Waals surface area contributed by atoms with Gasteiger partial charge in [0.15, 0.2) is 6.61 Å². The van der Waals surface area contributed by atoms with Crippen LogP contribution in [0.25, 0.3) is 0 Å². The fraction of sp³-hybridized carbons (Fsp3) is 0.412. The number of carbonyl (C=O) groups excluding carboxylic acids is 4. The van der Waals surface area contributed by atoms with Gasteiger partial charge in [-0.25, -0.2) is 14.0 Å². The van der Waals surface area contributed by atoms with Gasteiger partial charge in [-0.1, -0.05) is 12.1 Å². The number of hydrogen-bond donors (Lipinski definition) is 2. The number of esters is 1. The van der Waals surface area contributed by atoms with Gasteiger partial charge in [0.25, 0.3) is 5.91 Å². The Balaban J connectivity index is 1.48. The Morgan fingerprint density at radius 2 is 2.11 bits per heavy atom. The summed E-state index contributed by atoms with van der Waals surface area (Å²) in [6.07, 6.45) is 1.04. The number of halogens is 1. The van der Waals surface area contributed by atoms with E-state index in [0.29, 0.717) is 18.6 Å². The maximum absolute atomic E-state index is 13.5. The molecule has 10 heteroatoms. The van der Waals surface area contributed by atoms with Crippen molar-refractivity contribution in [2.24, 2.45) is 0 Å². The number of ether oxygens (including phenoxy) is 1. The number of carbonyl (C=O) groups is 4. The third-order valence-electron chi connectivity index (χ3n) is 4.44. The fourth-order valence-electron chi connectivity index (χ4n) is 3.11. The topological polar surface area (TPSA) is 105 Å². The molecule has 0 aliphatic carbocycles. The molecular weight excluding hydrogens is 377 g/mol. The van der Waals surface area contributed by atoms with E-state index in [1.165, 1.54) is 34.9 Å². The zero-order valence-electron chi connectivity index (χ0n) is 14.5.